The van der Waals surface area contributed by atoms with Crippen molar-refractivity contribution in [3.63, 3.8) is 0 Å². The highest BCUT2D eigenvalue weighted by Crippen LogP contribution is 2.03. The number of nitrogens with zero attached hydrogens (tertiary/aromatic N) is 1. The molecule has 0 spiro atoms. The summed E-state index contributed by atoms with van der Waals surface area (Å²) < 4.78 is 0. The minimum absolute atomic E-state index is 0.0314. The number of nitrogens with two attached hydrogens (primary N) is 3. The fourth-order valence-electron chi connectivity index (χ4n) is 2.45. The molecule has 0 heterocycles. The van der Waals surface area contributed by atoms with E-state index >= 15 is 0 Å². The molecule has 0 saturated heterocycles. The summed E-state index contributed by atoms with van der Waals surface area (Å²) in [5.74, 6) is -7.94. The van der Waals surface area contributed by atoms with Crippen molar-refractivity contribution in [2.24, 2.45) is 22.2 Å². The number of aliphatic hydroxyl groups excluding tert-OH is 1. The van der Waals surface area contributed by atoms with E-state index in [1.54, 1.807) is 0 Å². The van der Waals surface area contributed by atoms with Crippen molar-refractivity contribution < 1.29 is 49.2 Å². The van der Waals surface area contributed by atoms with E-state index in [2.05, 4.69) is 10.3 Å². The lowest BCUT2D eigenvalue weighted by molar-refractivity contribution is -0.147. The molecule has 192 valence electrons. The first-order valence-electron chi connectivity index (χ1n) is 9.77. The first kappa shape index (κ1) is 30.0. The van der Waals surface area contributed by atoms with Gasteiger partial charge in [0.2, 0.25) is 17.7 Å². The van der Waals surface area contributed by atoms with Gasteiger partial charge in [0.1, 0.15) is 18.1 Å². The van der Waals surface area contributed by atoms with Gasteiger partial charge in [0, 0.05) is 6.54 Å². The van der Waals surface area contributed by atoms with Crippen molar-refractivity contribution in [1.29, 1.82) is 0 Å². The molecule has 17 heteroatoms. The molecule has 0 aliphatic carbocycles. The summed E-state index contributed by atoms with van der Waals surface area (Å²) in [5, 5.41) is 42.2. The Morgan fingerprint density at radius 2 is 1.26 bits per heavy atom. The van der Waals surface area contributed by atoms with Gasteiger partial charge in [-0.2, -0.15) is 0 Å². The van der Waals surface area contributed by atoms with Crippen LogP contribution < -0.4 is 33.2 Å². The predicted molar refractivity (Wildman–Crippen MR) is 113 cm³/mol. The lowest BCUT2D eigenvalue weighted by atomic mass is 10.1. The molecule has 0 fully saturated rings. The van der Waals surface area contributed by atoms with E-state index in [1.807, 2.05) is 10.6 Å². The molecular weight excluding hydrogens is 462 g/mol. The van der Waals surface area contributed by atoms with Crippen LogP contribution in [0.25, 0.3) is 0 Å². The van der Waals surface area contributed by atoms with Gasteiger partial charge < -0.3 is 53.6 Å². The molecule has 0 radical (unpaired) electrons. The zero-order chi connectivity index (χ0) is 26.4. The Morgan fingerprint density at radius 3 is 1.74 bits per heavy atom. The van der Waals surface area contributed by atoms with Crippen LogP contribution in [0.4, 0.5) is 0 Å². The lowest BCUT2D eigenvalue weighted by Gasteiger charge is -2.24. The van der Waals surface area contributed by atoms with E-state index in [9.17, 15) is 33.9 Å². The molecule has 0 aromatic carbocycles. The fourth-order valence-corrected chi connectivity index (χ4v) is 2.45. The molecule has 34 heavy (non-hydrogen) atoms. The number of hydrogen-bond acceptors (Lipinski definition) is 9. The SMILES string of the molecule is NC(N)=NCCCC(NC(=O)C(CO)NC(=O)C(N)CC(=O)O)C(=O)NC(CC(=O)O)C(=O)O. The Labute approximate surface area is 192 Å². The van der Waals surface area contributed by atoms with Gasteiger partial charge in [-0.05, 0) is 12.8 Å². The summed E-state index contributed by atoms with van der Waals surface area (Å²) in [7, 11) is 0. The van der Waals surface area contributed by atoms with E-state index in [1.165, 1.54) is 0 Å². The zero-order valence-electron chi connectivity index (χ0n) is 18.0. The molecular formula is C17H29N7O10. The number of aliphatic hydroxyl groups is 1. The van der Waals surface area contributed by atoms with E-state index < -0.39 is 79.2 Å². The van der Waals surface area contributed by atoms with Gasteiger partial charge >= 0.3 is 17.9 Å². The molecule has 13 N–H and O–H groups in total. The second kappa shape index (κ2) is 15.0. The Morgan fingerprint density at radius 1 is 0.765 bits per heavy atom. The highest BCUT2D eigenvalue weighted by molar-refractivity contribution is 5.95. The smallest absolute Gasteiger partial charge is 0.326 e. The van der Waals surface area contributed by atoms with Crippen LogP contribution in [0.1, 0.15) is 25.7 Å². The molecule has 0 rings (SSSR count). The molecule has 0 aromatic heterocycles. The minimum Gasteiger partial charge on any atom is -0.481 e. The highest BCUT2D eigenvalue weighted by atomic mass is 16.4. The third-order valence-electron chi connectivity index (χ3n) is 4.12. The standard InChI is InChI=1S/C17H29N7O10/c18-7(4-11(26)27)13(30)24-10(6-25)15(32)22-8(2-1-3-21-17(19)20)14(31)23-9(16(33)34)5-12(28)29/h7-10,25H,1-6,18H2,(H,22,32)(H,23,31)(H,24,30)(H,26,27)(H,28,29)(H,33,34)(H4,19,20,21). The average molecular weight is 491 g/mol. The number of aliphatic imine (C=N–C) groups is 1. The van der Waals surface area contributed by atoms with Crippen LogP contribution >= 0.6 is 0 Å². The molecule has 0 aromatic rings. The van der Waals surface area contributed by atoms with Crippen molar-refractivity contribution in [3.05, 3.63) is 0 Å². The molecule has 0 aliphatic heterocycles. The molecule has 3 amide bonds. The molecule has 0 aliphatic rings. The maximum absolute atomic E-state index is 12.6. The number of hydrogen-bond donors (Lipinski definition) is 10. The van der Waals surface area contributed by atoms with Crippen LogP contribution in [0.5, 0.6) is 0 Å². The van der Waals surface area contributed by atoms with Gasteiger partial charge in [0.25, 0.3) is 0 Å². The van der Waals surface area contributed by atoms with E-state index in [0.717, 1.165) is 0 Å². The summed E-state index contributed by atoms with van der Waals surface area (Å²) in [6.07, 6.45) is -1.71. The van der Waals surface area contributed by atoms with Crippen LogP contribution in [0, 0.1) is 0 Å². The fraction of sp³-hybridized carbons (Fsp3) is 0.588. The van der Waals surface area contributed by atoms with Crippen LogP contribution in [0.15, 0.2) is 4.99 Å². The first-order chi connectivity index (χ1) is 15.8. The largest absolute Gasteiger partial charge is 0.481 e. The number of rotatable bonds is 16. The van der Waals surface area contributed by atoms with Gasteiger partial charge in [-0.3, -0.25) is 29.0 Å². The summed E-state index contributed by atoms with van der Waals surface area (Å²) >= 11 is 0. The van der Waals surface area contributed by atoms with Crippen LogP contribution in [-0.2, 0) is 28.8 Å². The van der Waals surface area contributed by atoms with Gasteiger partial charge in [0.05, 0.1) is 25.5 Å². The number of carbonyl (C=O) groups excluding carboxylic acids is 3. The summed E-state index contributed by atoms with van der Waals surface area (Å²) in [4.78, 5) is 73.4. The summed E-state index contributed by atoms with van der Waals surface area (Å²) in [5.41, 5.74) is 15.8. The predicted octanol–water partition coefficient (Wildman–Crippen LogP) is -5.15. The van der Waals surface area contributed by atoms with Crippen LogP contribution in [0.2, 0.25) is 0 Å². The molecule has 0 bridgehead atoms. The second-order valence-corrected chi connectivity index (χ2v) is 6.96. The molecule has 17 nitrogen and oxygen atoms in total. The molecule has 4 unspecified atom stereocenters. The number of carboxylic acid groups (broad SMARTS) is 3. The van der Waals surface area contributed by atoms with E-state index in [0.29, 0.717) is 0 Å². The Hall–Kier alpha value is -3.99. The maximum atomic E-state index is 12.6. The van der Waals surface area contributed by atoms with Gasteiger partial charge in [-0.25, -0.2) is 4.79 Å². The third kappa shape index (κ3) is 12.2. The Kier molecular flexibility index (Phi) is 13.2. The zero-order valence-corrected chi connectivity index (χ0v) is 18.0. The molecule has 0 saturated carbocycles. The second-order valence-electron chi connectivity index (χ2n) is 6.96. The topological polar surface area (TPSA) is 310 Å². The average Bonchev–Trinajstić information content (AvgIpc) is 2.71. The van der Waals surface area contributed by atoms with Gasteiger partial charge in [-0.1, -0.05) is 0 Å². The lowest BCUT2D eigenvalue weighted by Crippen LogP contribution is -2.58. The monoisotopic (exact) mass is 491 g/mol. The van der Waals surface area contributed by atoms with Crippen molar-refractivity contribution in [2.75, 3.05) is 13.2 Å². The van der Waals surface area contributed by atoms with Crippen molar-refractivity contribution in [3.8, 4) is 0 Å². The quantitative estimate of drug-likeness (QED) is 0.0549. The van der Waals surface area contributed by atoms with Crippen molar-refractivity contribution in [2.45, 2.75) is 49.9 Å². The number of aliphatic carboxylic acids is 3. The van der Waals surface area contributed by atoms with Crippen LogP contribution in [-0.4, -0.2) is 99.3 Å². The number of carbonyl (C=O) groups is 6. The van der Waals surface area contributed by atoms with E-state index in [4.69, 9.17) is 32.5 Å². The number of nitrogens with one attached hydrogen (secondary N) is 3. The van der Waals surface area contributed by atoms with Crippen molar-refractivity contribution in [1.82, 2.24) is 16.0 Å². The Balaban J connectivity index is 5.43. The normalized spacial score (nSPS) is 13.9. The first-order valence-corrected chi connectivity index (χ1v) is 9.77. The summed E-state index contributed by atoms with van der Waals surface area (Å²) in [6.45, 7) is -0.917. The highest BCUT2D eigenvalue weighted by Gasteiger charge is 2.31. The van der Waals surface area contributed by atoms with Crippen molar-refractivity contribution >= 4 is 41.6 Å². The maximum Gasteiger partial charge on any atom is 0.326 e. The number of guanidine groups is 1. The van der Waals surface area contributed by atoms with Gasteiger partial charge in [-0.15, -0.1) is 0 Å². The minimum atomic E-state index is -1.80. The Bertz CT molecular complexity index is 800. The number of amides is 3. The van der Waals surface area contributed by atoms with Gasteiger partial charge in [0.15, 0.2) is 5.96 Å². The third-order valence-corrected chi connectivity index (χ3v) is 4.12. The van der Waals surface area contributed by atoms with E-state index in [-0.39, 0.29) is 25.3 Å². The number of carboxylic acids is 3. The van der Waals surface area contributed by atoms with Crippen LogP contribution in [0.3, 0.4) is 0 Å². The molecule has 4 atom stereocenters. The summed E-state index contributed by atoms with van der Waals surface area (Å²) in [6, 6.07) is -6.39.